The van der Waals surface area contributed by atoms with Crippen LogP contribution in [0.4, 0.5) is 6.01 Å². The smallest absolute Gasteiger partial charge is 0.292 e. The largest absolute Gasteiger partial charge is 0.429 e. The van der Waals surface area contributed by atoms with Gasteiger partial charge in [0.2, 0.25) is 0 Å². The zero-order chi connectivity index (χ0) is 11.5. The fraction of sp³-hybridized carbons (Fsp3) is 0.308. The van der Waals surface area contributed by atoms with Crippen LogP contribution in [-0.2, 0) is 12.8 Å². The number of nitrogens with two attached hydrogens (primary N) is 1. The second-order valence-electron chi connectivity index (χ2n) is 3.90. The average Bonchev–Trinajstić information content (AvgIpc) is 2.59. The van der Waals surface area contributed by atoms with Gasteiger partial charge in [0.1, 0.15) is 5.76 Å². The molecule has 3 nitrogen and oxygen atoms in total. The molecule has 1 heterocycles. The molecule has 3 heteroatoms. The van der Waals surface area contributed by atoms with E-state index in [9.17, 15) is 0 Å². The van der Waals surface area contributed by atoms with E-state index < -0.39 is 0 Å². The molecule has 1 aromatic heterocycles. The Hall–Kier alpha value is -1.77. The molecular weight excluding hydrogens is 200 g/mol. The Kier molecular flexibility index (Phi) is 2.95. The lowest BCUT2D eigenvalue weighted by atomic mass is 10.1. The Morgan fingerprint density at radius 2 is 1.81 bits per heavy atom. The van der Waals surface area contributed by atoms with Crippen LogP contribution in [0.15, 0.2) is 28.7 Å². The minimum Gasteiger partial charge on any atom is -0.429 e. The van der Waals surface area contributed by atoms with Crippen molar-refractivity contribution < 1.29 is 4.42 Å². The molecule has 1 aromatic carbocycles. The van der Waals surface area contributed by atoms with Crippen molar-refractivity contribution >= 4 is 6.01 Å². The van der Waals surface area contributed by atoms with Gasteiger partial charge < -0.3 is 10.2 Å². The SMILES string of the molecule is CCc1ccc(Cc2nc(N)oc2C)cc1. The Morgan fingerprint density at radius 3 is 2.31 bits per heavy atom. The maximum Gasteiger partial charge on any atom is 0.292 e. The van der Waals surface area contributed by atoms with Crippen molar-refractivity contribution in [2.24, 2.45) is 0 Å². The molecule has 0 saturated heterocycles. The fourth-order valence-corrected chi connectivity index (χ4v) is 1.70. The van der Waals surface area contributed by atoms with Gasteiger partial charge in [-0.05, 0) is 24.5 Å². The van der Waals surface area contributed by atoms with Gasteiger partial charge in [0.15, 0.2) is 0 Å². The van der Waals surface area contributed by atoms with Crippen LogP contribution in [0.3, 0.4) is 0 Å². The third-order valence-corrected chi connectivity index (χ3v) is 2.71. The highest BCUT2D eigenvalue weighted by Crippen LogP contribution is 2.16. The summed E-state index contributed by atoms with van der Waals surface area (Å²) in [6.07, 6.45) is 1.84. The summed E-state index contributed by atoms with van der Waals surface area (Å²) in [7, 11) is 0. The van der Waals surface area contributed by atoms with Crippen molar-refractivity contribution in [1.82, 2.24) is 4.98 Å². The molecule has 0 bridgehead atoms. The lowest BCUT2D eigenvalue weighted by Gasteiger charge is -2.00. The summed E-state index contributed by atoms with van der Waals surface area (Å²) in [6.45, 7) is 4.04. The summed E-state index contributed by atoms with van der Waals surface area (Å²) in [5.74, 6) is 0.803. The number of oxazole rings is 1. The number of nitrogens with zero attached hydrogens (tertiary/aromatic N) is 1. The molecule has 0 aliphatic carbocycles. The van der Waals surface area contributed by atoms with Gasteiger partial charge in [-0.2, -0.15) is 4.98 Å². The lowest BCUT2D eigenvalue weighted by Crippen LogP contribution is -1.92. The van der Waals surface area contributed by atoms with Crippen molar-refractivity contribution in [3.8, 4) is 0 Å². The van der Waals surface area contributed by atoms with Gasteiger partial charge in [0.05, 0.1) is 5.69 Å². The molecule has 0 fully saturated rings. The number of aromatic nitrogens is 1. The van der Waals surface area contributed by atoms with Crippen molar-refractivity contribution in [2.75, 3.05) is 5.73 Å². The topological polar surface area (TPSA) is 52.0 Å². The highest BCUT2D eigenvalue weighted by molar-refractivity contribution is 5.29. The molecule has 0 unspecified atom stereocenters. The molecule has 0 saturated carbocycles. The first-order valence-electron chi connectivity index (χ1n) is 5.48. The van der Waals surface area contributed by atoms with Gasteiger partial charge in [0, 0.05) is 6.42 Å². The normalized spacial score (nSPS) is 10.6. The molecule has 0 atom stereocenters. The first-order valence-corrected chi connectivity index (χ1v) is 5.48. The maximum absolute atomic E-state index is 5.50. The van der Waals surface area contributed by atoms with Crippen LogP contribution in [0.25, 0.3) is 0 Å². The number of anilines is 1. The van der Waals surface area contributed by atoms with E-state index in [0.29, 0.717) is 0 Å². The second-order valence-corrected chi connectivity index (χ2v) is 3.90. The molecule has 0 radical (unpaired) electrons. The maximum atomic E-state index is 5.50. The third kappa shape index (κ3) is 2.24. The fourth-order valence-electron chi connectivity index (χ4n) is 1.70. The molecule has 0 amide bonds. The van der Waals surface area contributed by atoms with Crippen molar-refractivity contribution in [2.45, 2.75) is 26.7 Å². The van der Waals surface area contributed by atoms with Gasteiger partial charge >= 0.3 is 0 Å². The number of hydrogen-bond acceptors (Lipinski definition) is 3. The number of nitrogen functional groups attached to an aromatic ring is 1. The van der Waals surface area contributed by atoms with Crippen LogP contribution < -0.4 is 5.73 Å². The van der Waals surface area contributed by atoms with Crippen LogP contribution in [0.1, 0.15) is 29.5 Å². The zero-order valence-electron chi connectivity index (χ0n) is 9.66. The summed E-state index contributed by atoms with van der Waals surface area (Å²) >= 11 is 0. The van der Waals surface area contributed by atoms with Crippen LogP contribution >= 0.6 is 0 Å². The first-order chi connectivity index (χ1) is 7.69. The number of rotatable bonds is 3. The summed E-state index contributed by atoms with van der Waals surface area (Å²) in [6, 6.07) is 8.80. The van der Waals surface area contributed by atoms with E-state index in [1.54, 1.807) is 0 Å². The number of aryl methyl sites for hydroxylation is 2. The predicted molar refractivity (Wildman–Crippen MR) is 64.3 cm³/mol. The summed E-state index contributed by atoms with van der Waals surface area (Å²) in [5.41, 5.74) is 9.00. The van der Waals surface area contributed by atoms with Gasteiger partial charge in [-0.15, -0.1) is 0 Å². The summed E-state index contributed by atoms with van der Waals surface area (Å²) in [5, 5.41) is 0. The highest BCUT2D eigenvalue weighted by Gasteiger charge is 2.07. The predicted octanol–water partition coefficient (Wildman–Crippen LogP) is 2.72. The van der Waals surface area contributed by atoms with E-state index >= 15 is 0 Å². The molecule has 0 aliphatic heterocycles. The summed E-state index contributed by atoms with van der Waals surface area (Å²) in [4.78, 5) is 4.16. The molecule has 0 spiro atoms. The Bertz CT molecular complexity index is 471. The minimum atomic E-state index is 0.248. The molecule has 16 heavy (non-hydrogen) atoms. The molecule has 2 N–H and O–H groups in total. The van der Waals surface area contributed by atoms with E-state index in [-0.39, 0.29) is 6.01 Å². The Balaban J connectivity index is 2.17. The van der Waals surface area contributed by atoms with Gasteiger partial charge in [-0.25, -0.2) is 0 Å². The van der Waals surface area contributed by atoms with Crippen LogP contribution in [0, 0.1) is 6.92 Å². The van der Waals surface area contributed by atoms with Crippen LogP contribution in [0.2, 0.25) is 0 Å². The zero-order valence-corrected chi connectivity index (χ0v) is 9.66. The molecule has 2 rings (SSSR count). The minimum absolute atomic E-state index is 0.248. The van der Waals surface area contributed by atoms with Gasteiger partial charge in [-0.3, -0.25) is 0 Å². The molecule has 84 valence electrons. The van der Waals surface area contributed by atoms with E-state index in [4.69, 9.17) is 10.2 Å². The van der Waals surface area contributed by atoms with E-state index in [1.807, 2.05) is 6.92 Å². The Labute approximate surface area is 95.3 Å². The van der Waals surface area contributed by atoms with E-state index in [1.165, 1.54) is 11.1 Å². The first kappa shape index (κ1) is 10.7. The van der Waals surface area contributed by atoms with Crippen molar-refractivity contribution in [3.63, 3.8) is 0 Å². The average molecular weight is 216 g/mol. The second kappa shape index (κ2) is 4.39. The van der Waals surface area contributed by atoms with Crippen molar-refractivity contribution in [1.29, 1.82) is 0 Å². The van der Waals surface area contributed by atoms with Crippen LogP contribution in [0.5, 0.6) is 0 Å². The summed E-state index contributed by atoms with van der Waals surface area (Å²) < 4.78 is 5.20. The quantitative estimate of drug-likeness (QED) is 0.858. The van der Waals surface area contributed by atoms with E-state index in [2.05, 4.69) is 36.2 Å². The molecular formula is C13H16N2O. The standard InChI is InChI=1S/C13H16N2O/c1-3-10-4-6-11(7-5-10)8-12-9(2)16-13(14)15-12/h4-7H,3,8H2,1-2H3,(H2,14,15). The lowest BCUT2D eigenvalue weighted by molar-refractivity contribution is 0.545. The Morgan fingerprint density at radius 1 is 1.19 bits per heavy atom. The number of hydrogen-bond donors (Lipinski definition) is 1. The van der Waals surface area contributed by atoms with Crippen molar-refractivity contribution in [3.05, 3.63) is 46.8 Å². The number of benzene rings is 1. The molecule has 2 aromatic rings. The molecule has 0 aliphatic rings. The van der Waals surface area contributed by atoms with Crippen LogP contribution in [-0.4, -0.2) is 4.98 Å². The van der Waals surface area contributed by atoms with Gasteiger partial charge in [0.25, 0.3) is 6.01 Å². The van der Waals surface area contributed by atoms with E-state index in [0.717, 1.165) is 24.3 Å². The highest BCUT2D eigenvalue weighted by atomic mass is 16.4. The van der Waals surface area contributed by atoms with Gasteiger partial charge in [-0.1, -0.05) is 31.2 Å². The third-order valence-electron chi connectivity index (χ3n) is 2.71. The monoisotopic (exact) mass is 216 g/mol.